The number of carbonyl (C=O) groups is 1. The predicted molar refractivity (Wildman–Crippen MR) is 85.9 cm³/mol. The van der Waals surface area contributed by atoms with Gasteiger partial charge in [-0.05, 0) is 31.5 Å². The van der Waals surface area contributed by atoms with Gasteiger partial charge in [-0.2, -0.15) is 4.98 Å². The fraction of sp³-hybridized carbons (Fsp3) is 0.375. The van der Waals surface area contributed by atoms with Crippen molar-refractivity contribution in [3.8, 4) is 0 Å². The number of primary amides is 1. The quantitative estimate of drug-likeness (QED) is 0.777. The van der Waals surface area contributed by atoms with Crippen LogP contribution in [0.2, 0.25) is 0 Å². The molecule has 1 aliphatic heterocycles. The summed E-state index contributed by atoms with van der Waals surface area (Å²) in [4.78, 5) is 22.3. The molecular weight excluding hydrogens is 308 g/mol. The van der Waals surface area contributed by atoms with E-state index in [0.29, 0.717) is 12.4 Å². The summed E-state index contributed by atoms with van der Waals surface area (Å²) in [6, 6.07) is 8.06. The summed E-state index contributed by atoms with van der Waals surface area (Å²) in [6.45, 7) is 1.60. The minimum atomic E-state index is -0.676. The smallest absolute Gasteiger partial charge is 0.290 e. The summed E-state index contributed by atoms with van der Waals surface area (Å²) >= 11 is 0. The lowest BCUT2D eigenvalue weighted by molar-refractivity contribution is 0.0987. The van der Waals surface area contributed by atoms with E-state index in [0.717, 1.165) is 36.2 Å². The Morgan fingerprint density at radius 2 is 2.21 bits per heavy atom. The second-order valence-electron chi connectivity index (χ2n) is 6.02. The second kappa shape index (κ2) is 5.72. The van der Waals surface area contributed by atoms with E-state index in [9.17, 15) is 4.79 Å². The van der Waals surface area contributed by atoms with Gasteiger partial charge in [-0.1, -0.05) is 17.3 Å². The van der Waals surface area contributed by atoms with Gasteiger partial charge in [-0.15, -0.1) is 0 Å². The third-order valence-electron chi connectivity index (χ3n) is 4.54. The maximum atomic E-state index is 11.2. The fourth-order valence-corrected chi connectivity index (χ4v) is 3.28. The first-order valence-electron chi connectivity index (χ1n) is 7.91. The highest BCUT2D eigenvalue weighted by Crippen LogP contribution is 2.32. The molecule has 24 heavy (non-hydrogen) atoms. The van der Waals surface area contributed by atoms with E-state index in [4.69, 9.17) is 15.2 Å². The van der Waals surface area contributed by atoms with Crippen molar-refractivity contribution in [2.75, 3.05) is 6.54 Å². The number of fused-ring (bicyclic) bond motifs is 1. The number of rotatable bonds is 4. The zero-order valence-electron chi connectivity index (χ0n) is 13.3. The number of aryl methyl sites for hydroxylation is 1. The van der Waals surface area contributed by atoms with Crippen LogP contribution in [0.3, 0.4) is 0 Å². The fourth-order valence-electron chi connectivity index (χ4n) is 3.28. The summed E-state index contributed by atoms with van der Waals surface area (Å²) in [7, 11) is 2.02. The van der Waals surface area contributed by atoms with Crippen LogP contribution in [0, 0.1) is 0 Å². The highest BCUT2D eigenvalue weighted by Gasteiger charge is 2.32. The molecule has 124 valence electrons. The highest BCUT2D eigenvalue weighted by molar-refractivity contribution is 5.88. The van der Waals surface area contributed by atoms with Crippen LogP contribution >= 0.6 is 0 Å². The van der Waals surface area contributed by atoms with Gasteiger partial charge in [0.1, 0.15) is 5.82 Å². The van der Waals surface area contributed by atoms with Gasteiger partial charge < -0.3 is 14.8 Å². The number of hydrogen-bond donors (Lipinski definition) is 1. The van der Waals surface area contributed by atoms with Gasteiger partial charge in [-0.3, -0.25) is 9.69 Å². The molecule has 0 radical (unpaired) electrons. The molecule has 1 saturated heterocycles. The molecule has 0 bridgehead atoms. The van der Waals surface area contributed by atoms with Gasteiger partial charge in [-0.25, -0.2) is 4.98 Å². The Morgan fingerprint density at radius 3 is 2.96 bits per heavy atom. The van der Waals surface area contributed by atoms with Crippen molar-refractivity contribution >= 4 is 16.9 Å². The summed E-state index contributed by atoms with van der Waals surface area (Å²) in [6.07, 6.45) is 1.94. The largest absolute Gasteiger partial charge is 0.363 e. The van der Waals surface area contributed by atoms with Gasteiger partial charge in [0, 0.05) is 7.05 Å². The second-order valence-corrected chi connectivity index (χ2v) is 6.02. The van der Waals surface area contributed by atoms with Gasteiger partial charge in [0.05, 0.1) is 23.6 Å². The number of para-hydroxylation sites is 2. The predicted octanol–water partition coefficient (Wildman–Crippen LogP) is 1.39. The van der Waals surface area contributed by atoms with E-state index in [2.05, 4.69) is 25.7 Å². The van der Waals surface area contributed by atoms with E-state index in [1.165, 1.54) is 0 Å². The highest BCUT2D eigenvalue weighted by atomic mass is 16.5. The molecule has 4 rings (SSSR count). The van der Waals surface area contributed by atoms with E-state index in [1.807, 2.05) is 25.2 Å². The Morgan fingerprint density at radius 1 is 1.38 bits per heavy atom. The third-order valence-corrected chi connectivity index (χ3v) is 4.54. The molecule has 3 aromatic rings. The minimum absolute atomic E-state index is 0.00888. The van der Waals surface area contributed by atoms with E-state index < -0.39 is 5.91 Å². The molecule has 0 aliphatic carbocycles. The average Bonchev–Trinajstić information content (AvgIpc) is 3.28. The lowest BCUT2D eigenvalue weighted by Gasteiger charge is -2.20. The Kier molecular flexibility index (Phi) is 3.53. The van der Waals surface area contributed by atoms with Gasteiger partial charge in [0.25, 0.3) is 11.7 Å². The summed E-state index contributed by atoms with van der Waals surface area (Å²) in [5.74, 6) is 0.683. The van der Waals surface area contributed by atoms with E-state index >= 15 is 0 Å². The summed E-state index contributed by atoms with van der Waals surface area (Å²) in [5, 5.41) is 3.65. The molecule has 1 atom stereocenters. The van der Waals surface area contributed by atoms with Crippen LogP contribution in [0.1, 0.15) is 41.2 Å². The molecule has 1 amide bonds. The van der Waals surface area contributed by atoms with Crippen molar-refractivity contribution in [3.05, 3.63) is 41.8 Å². The molecule has 1 aromatic carbocycles. The molecular formula is C16H18N6O2. The molecule has 0 spiro atoms. The van der Waals surface area contributed by atoms with Crippen molar-refractivity contribution in [2.45, 2.75) is 25.4 Å². The van der Waals surface area contributed by atoms with E-state index in [1.54, 1.807) is 0 Å². The van der Waals surface area contributed by atoms with E-state index in [-0.39, 0.29) is 11.9 Å². The molecule has 2 aromatic heterocycles. The minimum Gasteiger partial charge on any atom is -0.363 e. The van der Waals surface area contributed by atoms with Crippen molar-refractivity contribution in [3.63, 3.8) is 0 Å². The van der Waals surface area contributed by atoms with Crippen LogP contribution in [0.4, 0.5) is 0 Å². The van der Waals surface area contributed by atoms with Crippen LogP contribution in [0.25, 0.3) is 11.0 Å². The first-order valence-corrected chi connectivity index (χ1v) is 7.91. The van der Waals surface area contributed by atoms with Crippen LogP contribution in [0.15, 0.2) is 28.8 Å². The number of aromatic nitrogens is 4. The Bertz CT molecular complexity index is 899. The summed E-state index contributed by atoms with van der Waals surface area (Å²) < 4.78 is 7.34. The number of likely N-dealkylation sites (tertiary alicyclic amines) is 1. The molecule has 3 heterocycles. The van der Waals surface area contributed by atoms with Crippen LogP contribution in [-0.4, -0.2) is 37.0 Å². The lowest BCUT2D eigenvalue weighted by atomic mass is 10.2. The van der Waals surface area contributed by atoms with Gasteiger partial charge in [0.2, 0.25) is 5.89 Å². The Balaban J connectivity index is 1.60. The van der Waals surface area contributed by atoms with Gasteiger partial charge in [0.15, 0.2) is 0 Å². The lowest BCUT2D eigenvalue weighted by Crippen LogP contribution is -2.25. The van der Waals surface area contributed by atoms with Crippen molar-refractivity contribution in [1.29, 1.82) is 0 Å². The van der Waals surface area contributed by atoms with Crippen LogP contribution in [-0.2, 0) is 13.6 Å². The Hall–Kier alpha value is -2.74. The number of nitrogens with zero attached hydrogens (tertiary/aromatic N) is 5. The maximum Gasteiger partial charge on any atom is 0.290 e. The zero-order valence-corrected chi connectivity index (χ0v) is 13.3. The molecule has 1 aliphatic rings. The number of imidazole rings is 1. The monoisotopic (exact) mass is 326 g/mol. The number of nitrogens with two attached hydrogens (primary N) is 1. The first-order chi connectivity index (χ1) is 11.6. The normalized spacial score (nSPS) is 18.5. The van der Waals surface area contributed by atoms with Crippen molar-refractivity contribution in [2.24, 2.45) is 12.8 Å². The van der Waals surface area contributed by atoms with Crippen molar-refractivity contribution in [1.82, 2.24) is 24.6 Å². The van der Waals surface area contributed by atoms with Crippen LogP contribution in [0.5, 0.6) is 0 Å². The summed E-state index contributed by atoms with van der Waals surface area (Å²) in [5.41, 5.74) is 7.29. The molecule has 8 nitrogen and oxygen atoms in total. The van der Waals surface area contributed by atoms with Crippen molar-refractivity contribution < 1.29 is 9.32 Å². The molecule has 1 fully saturated rings. The number of benzene rings is 1. The third kappa shape index (κ3) is 2.44. The SMILES string of the molecule is Cn1c(CN2CCCC2c2nc(C(N)=O)no2)nc2ccccc21. The van der Waals surface area contributed by atoms with Gasteiger partial charge >= 0.3 is 0 Å². The molecule has 1 unspecified atom stereocenters. The number of amides is 1. The zero-order chi connectivity index (χ0) is 16.7. The first kappa shape index (κ1) is 14.8. The Labute approximate surface area is 138 Å². The number of carbonyl (C=O) groups excluding carboxylic acids is 1. The van der Waals surface area contributed by atoms with Crippen LogP contribution < -0.4 is 5.73 Å². The molecule has 2 N–H and O–H groups in total. The average molecular weight is 326 g/mol. The number of hydrogen-bond acceptors (Lipinski definition) is 6. The molecule has 0 saturated carbocycles. The maximum absolute atomic E-state index is 11.2. The standard InChI is InChI=1S/C16H18N6O2/c1-21-11-6-3-2-5-10(11)18-13(21)9-22-8-4-7-12(22)16-19-15(14(17)23)20-24-16/h2-3,5-6,12H,4,7-9H2,1H3,(H2,17,23). The topological polar surface area (TPSA) is 103 Å². The molecule has 8 heteroatoms.